The molecule has 0 heterocycles. The van der Waals surface area contributed by atoms with Crippen LogP contribution in [0.25, 0.3) is 0 Å². The highest BCUT2D eigenvalue weighted by Gasteiger charge is 2.22. The molecule has 1 aromatic carbocycles. The van der Waals surface area contributed by atoms with Crippen molar-refractivity contribution in [3.8, 4) is 0 Å². The Balaban J connectivity index is 2.09. The zero-order valence-electron chi connectivity index (χ0n) is 9.23. The number of non-ortho nitro benzene ring substituents is 1. The number of nitrogens with one attached hydrogen (secondary N) is 1. The van der Waals surface area contributed by atoms with Crippen LogP contribution in [-0.4, -0.2) is 17.0 Å². The summed E-state index contributed by atoms with van der Waals surface area (Å²) in [5, 5.41) is 13.5. The maximum atomic E-state index is 13.6. The summed E-state index contributed by atoms with van der Waals surface area (Å²) >= 11 is 0. The molecule has 1 aliphatic rings. The van der Waals surface area contributed by atoms with Gasteiger partial charge in [-0.15, -0.1) is 0 Å². The minimum absolute atomic E-state index is 0.154. The highest BCUT2D eigenvalue weighted by molar-refractivity contribution is 5.50. The van der Waals surface area contributed by atoms with E-state index < -0.39 is 10.7 Å². The zero-order valence-corrected chi connectivity index (χ0v) is 9.23. The van der Waals surface area contributed by atoms with Crippen LogP contribution in [0.5, 0.6) is 0 Å². The number of hydrogen-bond acceptors (Lipinski definition) is 4. The maximum Gasteiger partial charge on any atom is 0.272 e. The quantitative estimate of drug-likeness (QED) is 0.624. The molecule has 2 unspecified atom stereocenters. The Hall–Kier alpha value is -1.69. The van der Waals surface area contributed by atoms with Crippen molar-refractivity contribution in [2.75, 3.05) is 5.32 Å². The first-order valence-corrected chi connectivity index (χ1v) is 5.52. The monoisotopic (exact) mass is 239 g/mol. The van der Waals surface area contributed by atoms with Crippen molar-refractivity contribution < 1.29 is 9.31 Å². The zero-order chi connectivity index (χ0) is 12.4. The molecule has 0 bridgehead atoms. The lowest BCUT2D eigenvalue weighted by molar-refractivity contribution is -0.385. The number of nitrogens with zero attached hydrogens (tertiary/aromatic N) is 1. The highest BCUT2D eigenvalue weighted by Crippen LogP contribution is 2.25. The average Bonchev–Trinajstić information content (AvgIpc) is 2.67. The molecule has 0 aliphatic heterocycles. The largest absolute Gasteiger partial charge is 0.380 e. The number of nitro groups is 1. The van der Waals surface area contributed by atoms with Crippen molar-refractivity contribution in [2.24, 2.45) is 5.73 Å². The van der Waals surface area contributed by atoms with Crippen molar-refractivity contribution in [1.29, 1.82) is 0 Å². The van der Waals surface area contributed by atoms with Crippen molar-refractivity contribution in [3.63, 3.8) is 0 Å². The molecule has 3 N–H and O–H groups in total. The van der Waals surface area contributed by atoms with Gasteiger partial charge in [-0.05, 0) is 25.3 Å². The maximum absolute atomic E-state index is 13.6. The molecule has 1 saturated carbocycles. The van der Waals surface area contributed by atoms with Gasteiger partial charge in [0.25, 0.3) is 5.69 Å². The smallest absolute Gasteiger partial charge is 0.272 e. The van der Waals surface area contributed by atoms with Crippen LogP contribution in [0.1, 0.15) is 19.3 Å². The Morgan fingerprint density at radius 1 is 1.47 bits per heavy atom. The highest BCUT2D eigenvalue weighted by atomic mass is 19.1. The number of benzene rings is 1. The van der Waals surface area contributed by atoms with Gasteiger partial charge in [-0.3, -0.25) is 10.1 Å². The second-order valence-corrected chi connectivity index (χ2v) is 4.34. The van der Waals surface area contributed by atoms with Crippen molar-refractivity contribution in [3.05, 3.63) is 34.1 Å². The van der Waals surface area contributed by atoms with Crippen LogP contribution in [0.15, 0.2) is 18.2 Å². The molecule has 0 saturated heterocycles. The molecule has 17 heavy (non-hydrogen) atoms. The van der Waals surface area contributed by atoms with E-state index in [9.17, 15) is 14.5 Å². The van der Waals surface area contributed by atoms with Gasteiger partial charge in [0, 0.05) is 18.2 Å². The Kier molecular flexibility index (Phi) is 3.23. The average molecular weight is 239 g/mol. The van der Waals surface area contributed by atoms with Crippen LogP contribution in [0.2, 0.25) is 0 Å². The van der Waals surface area contributed by atoms with E-state index in [4.69, 9.17) is 5.73 Å². The van der Waals surface area contributed by atoms with E-state index in [0.29, 0.717) is 5.69 Å². The summed E-state index contributed by atoms with van der Waals surface area (Å²) in [6, 6.07) is 3.93. The number of hydrogen-bond donors (Lipinski definition) is 2. The molecule has 5 nitrogen and oxygen atoms in total. The fraction of sp³-hybridized carbons (Fsp3) is 0.455. The van der Waals surface area contributed by atoms with E-state index in [1.165, 1.54) is 12.1 Å². The van der Waals surface area contributed by atoms with Crippen LogP contribution < -0.4 is 11.1 Å². The molecule has 1 aromatic rings. The van der Waals surface area contributed by atoms with Gasteiger partial charge in [-0.25, -0.2) is 4.39 Å². The van der Waals surface area contributed by atoms with Crippen LogP contribution in [0.4, 0.5) is 15.8 Å². The standard InChI is InChI=1S/C11H14FN3O2/c12-10-6-9(15(16)17)3-4-11(10)14-8-2-1-7(13)5-8/h3-4,6-8,14H,1-2,5,13H2. The topological polar surface area (TPSA) is 81.2 Å². The molecule has 0 spiro atoms. The first-order chi connectivity index (χ1) is 8.06. The molecule has 1 fully saturated rings. The minimum atomic E-state index is -0.613. The van der Waals surface area contributed by atoms with E-state index in [1.807, 2.05) is 0 Å². The van der Waals surface area contributed by atoms with E-state index in [1.54, 1.807) is 0 Å². The van der Waals surface area contributed by atoms with Gasteiger partial charge in [0.2, 0.25) is 0 Å². The van der Waals surface area contributed by atoms with E-state index in [-0.39, 0.29) is 17.8 Å². The lowest BCUT2D eigenvalue weighted by Gasteiger charge is -2.14. The number of nitro benzene ring substituents is 1. The van der Waals surface area contributed by atoms with Gasteiger partial charge in [0.15, 0.2) is 5.82 Å². The number of nitrogens with two attached hydrogens (primary N) is 1. The summed E-state index contributed by atoms with van der Waals surface area (Å²) in [6.07, 6.45) is 2.63. The fourth-order valence-electron chi connectivity index (χ4n) is 2.10. The molecule has 6 heteroatoms. The van der Waals surface area contributed by atoms with Crippen LogP contribution in [0, 0.1) is 15.9 Å². The third kappa shape index (κ3) is 2.71. The Morgan fingerprint density at radius 2 is 2.24 bits per heavy atom. The molecule has 0 aromatic heterocycles. The van der Waals surface area contributed by atoms with Gasteiger partial charge < -0.3 is 11.1 Å². The first kappa shape index (κ1) is 11.8. The molecule has 0 radical (unpaired) electrons. The summed E-state index contributed by atoms with van der Waals surface area (Å²) in [4.78, 5) is 9.84. The second kappa shape index (κ2) is 4.67. The Bertz CT molecular complexity index is 439. The van der Waals surface area contributed by atoms with Crippen LogP contribution >= 0.6 is 0 Å². The normalized spacial score (nSPS) is 23.6. The van der Waals surface area contributed by atoms with Gasteiger partial charge >= 0.3 is 0 Å². The predicted octanol–water partition coefficient (Wildman–Crippen LogP) is 2.03. The van der Waals surface area contributed by atoms with Crippen molar-refractivity contribution in [1.82, 2.24) is 0 Å². The van der Waals surface area contributed by atoms with Crippen molar-refractivity contribution >= 4 is 11.4 Å². The number of rotatable bonds is 3. The molecule has 2 rings (SSSR count). The van der Waals surface area contributed by atoms with Gasteiger partial charge in [0.05, 0.1) is 16.7 Å². The van der Waals surface area contributed by atoms with E-state index >= 15 is 0 Å². The first-order valence-electron chi connectivity index (χ1n) is 5.52. The molecule has 0 amide bonds. The van der Waals surface area contributed by atoms with Gasteiger partial charge in [-0.2, -0.15) is 0 Å². The molecular formula is C11H14FN3O2. The van der Waals surface area contributed by atoms with E-state index in [0.717, 1.165) is 25.3 Å². The Labute approximate surface area is 98.0 Å². The van der Waals surface area contributed by atoms with Crippen LogP contribution in [0.3, 0.4) is 0 Å². The summed E-state index contributed by atoms with van der Waals surface area (Å²) in [7, 11) is 0. The van der Waals surface area contributed by atoms with Gasteiger partial charge in [-0.1, -0.05) is 0 Å². The lowest BCUT2D eigenvalue weighted by atomic mass is 10.2. The minimum Gasteiger partial charge on any atom is -0.380 e. The molecule has 2 atom stereocenters. The lowest BCUT2D eigenvalue weighted by Crippen LogP contribution is -2.21. The second-order valence-electron chi connectivity index (χ2n) is 4.34. The summed E-state index contributed by atoms with van der Waals surface area (Å²) in [5.74, 6) is -0.598. The SMILES string of the molecule is NC1CCC(Nc2ccc([N+](=O)[O-])cc2F)C1. The molecule has 92 valence electrons. The molecular weight excluding hydrogens is 225 g/mol. The fourth-order valence-corrected chi connectivity index (χ4v) is 2.10. The summed E-state index contributed by atoms with van der Waals surface area (Å²) < 4.78 is 13.6. The Morgan fingerprint density at radius 3 is 2.76 bits per heavy atom. The number of anilines is 1. The van der Waals surface area contributed by atoms with Crippen molar-refractivity contribution in [2.45, 2.75) is 31.3 Å². The molecule has 1 aliphatic carbocycles. The van der Waals surface area contributed by atoms with E-state index in [2.05, 4.69) is 5.32 Å². The van der Waals surface area contributed by atoms with Crippen LogP contribution in [-0.2, 0) is 0 Å². The third-order valence-electron chi connectivity index (χ3n) is 3.00. The summed E-state index contributed by atoms with van der Waals surface area (Å²) in [5.41, 5.74) is 5.82. The van der Waals surface area contributed by atoms with Gasteiger partial charge in [0.1, 0.15) is 0 Å². The predicted molar refractivity (Wildman–Crippen MR) is 62.3 cm³/mol. The third-order valence-corrected chi connectivity index (χ3v) is 3.00. The summed E-state index contributed by atoms with van der Waals surface area (Å²) in [6.45, 7) is 0. The number of halogens is 1.